The number of imidazole rings is 1. The largest absolute Gasteiger partial charge is 0.368 e. The molecule has 0 spiro atoms. The molecule has 1 aliphatic heterocycles. The summed E-state index contributed by atoms with van der Waals surface area (Å²) >= 11 is 1.44. The number of aromatic amines is 1. The van der Waals surface area contributed by atoms with Gasteiger partial charge in [0.05, 0.1) is 17.1 Å². The monoisotopic (exact) mass is 433 g/mol. The lowest BCUT2D eigenvalue weighted by atomic mass is 10.2. The Bertz CT molecular complexity index is 1120. The molecule has 2 N–H and O–H groups in total. The van der Waals surface area contributed by atoms with E-state index in [4.69, 9.17) is 4.98 Å². The van der Waals surface area contributed by atoms with Crippen molar-refractivity contribution in [3.05, 3.63) is 60.4 Å². The van der Waals surface area contributed by atoms with Crippen molar-refractivity contribution in [1.29, 1.82) is 0 Å². The van der Waals surface area contributed by atoms with E-state index >= 15 is 0 Å². The Labute approximate surface area is 184 Å². The van der Waals surface area contributed by atoms with Gasteiger partial charge in [0.1, 0.15) is 10.7 Å². The van der Waals surface area contributed by atoms with E-state index in [2.05, 4.69) is 58.5 Å². The molecular formula is C21H23N9S. The molecule has 1 fully saturated rings. The minimum Gasteiger partial charge on any atom is -0.368 e. The molecule has 4 aromatic rings. The molecule has 5 heterocycles. The molecule has 0 aromatic carbocycles. The predicted octanol–water partition coefficient (Wildman–Crippen LogP) is 3.09. The molecule has 0 bridgehead atoms. The molecule has 0 atom stereocenters. The first-order valence-corrected chi connectivity index (χ1v) is 11.0. The van der Waals surface area contributed by atoms with Crippen LogP contribution in [-0.2, 0) is 6.54 Å². The van der Waals surface area contributed by atoms with Gasteiger partial charge in [-0.05, 0) is 42.7 Å². The molecule has 31 heavy (non-hydrogen) atoms. The molecule has 1 saturated heterocycles. The van der Waals surface area contributed by atoms with Gasteiger partial charge in [-0.3, -0.25) is 4.90 Å². The third-order valence-corrected chi connectivity index (χ3v) is 6.00. The Hall–Kier alpha value is -3.37. The Morgan fingerprint density at radius 3 is 2.65 bits per heavy atom. The van der Waals surface area contributed by atoms with E-state index in [1.807, 2.05) is 12.3 Å². The van der Waals surface area contributed by atoms with Crippen molar-refractivity contribution in [3.63, 3.8) is 0 Å². The molecule has 4 aromatic heterocycles. The van der Waals surface area contributed by atoms with Crippen LogP contribution in [0.1, 0.15) is 11.4 Å². The van der Waals surface area contributed by atoms with Gasteiger partial charge in [0.2, 0.25) is 5.95 Å². The molecule has 1 aliphatic rings. The second-order valence-electron chi connectivity index (χ2n) is 7.38. The summed E-state index contributed by atoms with van der Waals surface area (Å²) in [6.45, 7) is 6.82. The van der Waals surface area contributed by atoms with E-state index in [9.17, 15) is 0 Å². The molecular weight excluding hydrogens is 410 g/mol. The summed E-state index contributed by atoms with van der Waals surface area (Å²) in [4.78, 5) is 25.4. The van der Waals surface area contributed by atoms with Gasteiger partial charge in [-0.2, -0.15) is 4.37 Å². The first-order valence-electron chi connectivity index (χ1n) is 10.2. The van der Waals surface area contributed by atoms with Gasteiger partial charge < -0.3 is 15.2 Å². The zero-order valence-electron chi connectivity index (χ0n) is 17.2. The van der Waals surface area contributed by atoms with Crippen molar-refractivity contribution in [2.45, 2.75) is 13.5 Å². The maximum Gasteiger partial charge on any atom is 0.227 e. The first kappa shape index (κ1) is 19.6. The Kier molecular flexibility index (Phi) is 5.55. The molecule has 0 aliphatic carbocycles. The van der Waals surface area contributed by atoms with Crippen LogP contribution in [0, 0.1) is 6.92 Å². The number of hydrogen-bond acceptors (Lipinski definition) is 9. The normalized spacial score (nSPS) is 14.7. The van der Waals surface area contributed by atoms with E-state index < -0.39 is 0 Å². The summed E-state index contributed by atoms with van der Waals surface area (Å²) in [5, 5.41) is 4.16. The van der Waals surface area contributed by atoms with E-state index in [0.717, 1.165) is 60.6 Å². The molecule has 10 heteroatoms. The van der Waals surface area contributed by atoms with Crippen LogP contribution < -0.4 is 10.2 Å². The van der Waals surface area contributed by atoms with Crippen LogP contribution in [0.25, 0.3) is 11.5 Å². The molecule has 0 unspecified atom stereocenters. The highest BCUT2D eigenvalue weighted by atomic mass is 32.1. The minimum absolute atomic E-state index is 0.591. The Balaban J connectivity index is 1.17. The zero-order chi connectivity index (χ0) is 21.0. The predicted molar refractivity (Wildman–Crippen MR) is 121 cm³/mol. The van der Waals surface area contributed by atoms with Crippen molar-refractivity contribution in [2.24, 2.45) is 0 Å². The van der Waals surface area contributed by atoms with Crippen LogP contribution in [0.4, 0.5) is 16.6 Å². The average Bonchev–Trinajstić information content (AvgIpc) is 3.48. The van der Waals surface area contributed by atoms with Crippen LogP contribution in [0.3, 0.4) is 0 Å². The fourth-order valence-electron chi connectivity index (χ4n) is 3.72. The molecule has 0 amide bonds. The number of pyridine rings is 1. The zero-order valence-corrected chi connectivity index (χ0v) is 18.0. The summed E-state index contributed by atoms with van der Waals surface area (Å²) in [6.07, 6.45) is 7.00. The fraction of sp³-hybridized carbons (Fsp3) is 0.286. The fourth-order valence-corrected chi connectivity index (χ4v) is 4.37. The summed E-state index contributed by atoms with van der Waals surface area (Å²) in [7, 11) is 0. The highest BCUT2D eigenvalue weighted by Gasteiger charge is 2.20. The third kappa shape index (κ3) is 4.54. The quantitative estimate of drug-likeness (QED) is 0.479. The number of H-pyrrole nitrogens is 1. The van der Waals surface area contributed by atoms with Gasteiger partial charge in [0, 0.05) is 57.5 Å². The molecule has 9 nitrogen and oxygen atoms in total. The van der Waals surface area contributed by atoms with Crippen LogP contribution in [-0.4, -0.2) is 60.4 Å². The maximum atomic E-state index is 4.74. The summed E-state index contributed by atoms with van der Waals surface area (Å²) in [6, 6.07) is 8.07. The summed E-state index contributed by atoms with van der Waals surface area (Å²) < 4.78 is 4.58. The number of piperazine rings is 1. The number of rotatable bonds is 6. The lowest BCUT2D eigenvalue weighted by Gasteiger charge is -2.36. The average molecular weight is 434 g/mol. The summed E-state index contributed by atoms with van der Waals surface area (Å²) in [5.74, 6) is 1.39. The van der Waals surface area contributed by atoms with E-state index in [1.54, 1.807) is 24.7 Å². The molecule has 158 valence electrons. The van der Waals surface area contributed by atoms with Crippen LogP contribution in [0.15, 0.2) is 49.1 Å². The number of nitrogens with one attached hydrogen (secondary N) is 2. The van der Waals surface area contributed by atoms with Gasteiger partial charge in [0.15, 0.2) is 5.82 Å². The smallest absolute Gasteiger partial charge is 0.227 e. The van der Waals surface area contributed by atoms with Crippen molar-refractivity contribution >= 4 is 28.2 Å². The lowest BCUT2D eigenvalue weighted by molar-refractivity contribution is 0.247. The van der Waals surface area contributed by atoms with Crippen LogP contribution >= 0.6 is 11.5 Å². The maximum absolute atomic E-state index is 4.74. The standard InChI is InChI=1S/C21H23N9S/c1-15-18(4-3-17(26-15)20-22-7-8-23-20)30-11-9-29(10-12-30)14-16-13-19(31-28-16)27-21-24-5-2-6-25-21/h2-8,13H,9-12,14H2,1H3,(H,22,23)(H,24,25,27). The molecule has 5 rings (SSSR count). The van der Waals surface area contributed by atoms with Crippen LogP contribution in [0.2, 0.25) is 0 Å². The van der Waals surface area contributed by atoms with Crippen molar-refractivity contribution in [1.82, 2.24) is 34.2 Å². The highest BCUT2D eigenvalue weighted by Crippen LogP contribution is 2.25. The number of hydrogen-bond donors (Lipinski definition) is 2. The number of anilines is 3. The Morgan fingerprint density at radius 1 is 1.06 bits per heavy atom. The first-order chi connectivity index (χ1) is 15.2. The molecule has 0 saturated carbocycles. The van der Waals surface area contributed by atoms with Crippen molar-refractivity contribution < 1.29 is 0 Å². The summed E-state index contributed by atoms with van der Waals surface area (Å²) in [5.41, 5.74) is 4.16. The topological polar surface area (TPSA) is 98.8 Å². The molecule has 0 radical (unpaired) electrons. The van der Waals surface area contributed by atoms with Crippen molar-refractivity contribution in [3.8, 4) is 11.5 Å². The van der Waals surface area contributed by atoms with E-state index in [0.29, 0.717) is 5.95 Å². The second-order valence-corrected chi connectivity index (χ2v) is 8.19. The van der Waals surface area contributed by atoms with Gasteiger partial charge >= 0.3 is 0 Å². The van der Waals surface area contributed by atoms with Gasteiger partial charge in [-0.15, -0.1) is 0 Å². The van der Waals surface area contributed by atoms with E-state index in [-0.39, 0.29) is 0 Å². The third-order valence-electron chi connectivity index (χ3n) is 5.26. The number of aryl methyl sites for hydroxylation is 1. The second kappa shape index (κ2) is 8.78. The van der Waals surface area contributed by atoms with Crippen LogP contribution in [0.5, 0.6) is 0 Å². The SMILES string of the molecule is Cc1nc(-c2ncc[nH]2)ccc1N1CCN(Cc2cc(Nc3ncccn3)sn2)CC1. The highest BCUT2D eigenvalue weighted by molar-refractivity contribution is 7.10. The van der Waals surface area contributed by atoms with Crippen molar-refractivity contribution in [2.75, 3.05) is 36.4 Å². The minimum atomic E-state index is 0.591. The van der Waals surface area contributed by atoms with Gasteiger partial charge in [-0.25, -0.2) is 19.9 Å². The van der Waals surface area contributed by atoms with Gasteiger partial charge in [-0.1, -0.05) is 0 Å². The number of aromatic nitrogens is 6. The van der Waals surface area contributed by atoms with Gasteiger partial charge in [0.25, 0.3) is 0 Å². The van der Waals surface area contributed by atoms with E-state index in [1.165, 1.54) is 17.2 Å². The Morgan fingerprint density at radius 2 is 1.90 bits per heavy atom. The number of nitrogens with zero attached hydrogens (tertiary/aromatic N) is 7. The lowest BCUT2D eigenvalue weighted by Crippen LogP contribution is -2.46.